The summed E-state index contributed by atoms with van der Waals surface area (Å²) in [7, 11) is -0.808. The van der Waals surface area contributed by atoms with E-state index in [1.807, 2.05) is 0 Å². The summed E-state index contributed by atoms with van der Waals surface area (Å²) in [5.74, 6) is 0. The molecule has 1 aromatic carbocycles. The Morgan fingerprint density at radius 3 is 1.87 bits per heavy atom. The summed E-state index contributed by atoms with van der Waals surface area (Å²) in [5, 5.41) is 0. The number of rotatable bonds is 2. The van der Waals surface area contributed by atoms with Gasteiger partial charge < -0.3 is 0 Å². The molecule has 7 heteroatoms. The highest BCUT2D eigenvalue weighted by Gasteiger charge is 2.08. The van der Waals surface area contributed by atoms with Gasteiger partial charge in [0.1, 0.15) is 0 Å². The standard InChI is InChI=1S/C8H10ClNO3S2/c1-14(2,11)10-7-3-5-8(6-4-7)15(9,12)13/h3-6H,1-2H3. The maximum atomic E-state index is 11.3. The summed E-state index contributed by atoms with van der Waals surface area (Å²) in [6.45, 7) is 0. The molecule has 0 aliphatic heterocycles. The lowest BCUT2D eigenvalue weighted by molar-refractivity contribution is 0.609. The third-order valence-corrected chi connectivity index (χ3v) is 3.46. The molecule has 0 fully saturated rings. The second kappa shape index (κ2) is 4.11. The third kappa shape index (κ3) is 4.19. The molecule has 0 aromatic heterocycles. The topological polar surface area (TPSA) is 63.6 Å². The van der Waals surface area contributed by atoms with Gasteiger partial charge in [0.15, 0.2) is 0 Å². The first kappa shape index (κ1) is 12.5. The molecule has 1 rings (SSSR count). The highest BCUT2D eigenvalue weighted by molar-refractivity contribution is 8.13. The summed E-state index contributed by atoms with van der Waals surface area (Å²) in [4.78, 5) is 0.00169. The maximum Gasteiger partial charge on any atom is 0.261 e. The van der Waals surface area contributed by atoms with Crippen molar-refractivity contribution in [3.63, 3.8) is 0 Å². The second-order valence-electron chi connectivity index (χ2n) is 3.20. The molecule has 0 amide bonds. The molecule has 84 valence electrons. The largest absolute Gasteiger partial charge is 0.261 e. The van der Waals surface area contributed by atoms with Crippen molar-refractivity contribution in [3.8, 4) is 0 Å². The zero-order valence-corrected chi connectivity index (χ0v) is 10.6. The molecule has 0 unspecified atom stereocenters. The number of halogens is 1. The van der Waals surface area contributed by atoms with E-state index in [4.69, 9.17) is 10.7 Å². The van der Waals surface area contributed by atoms with E-state index < -0.39 is 18.8 Å². The molecular formula is C8H10ClNO3S2. The fraction of sp³-hybridized carbons (Fsp3) is 0.250. The molecule has 0 heterocycles. The average Bonchev–Trinajstić information content (AvgIpc) is 2.00. The first-order valence-corrected chi connectivity index (χ1v) is 8.54. The number of benzene rings is 1. The predicted molar refractivity (Wildman–Crippen MR) is 61.6 cm³/mol. The molecule has 0 radical (unpaired) electrons. The van der Waals surface area contributed by atoms with Gasteiger partial charge in [-0.15, -0.1) is 0 Å². The molecule has 0 N–H and O–H groups in total. The van der Waals surface area contributed by atoms with E-state index in [0.29, 0.717) is 5.69 Å². The molecule has 0 spiro atoms. The van der Waals surface area contributed by atoms with Gasteiger partial charge in [0.25, 0.3) is 9.05 Å². The van der Waals surface area contributed by atoms with Crippen molar-refractivity contribution < 1.29 is 12.6 Å². The van der Waals surface area contributed by atoms with Crippen LogP contribution in [0.5, 0.6) is 0 Å². The van der Waals surface area contributed by atoms with Gasteiger partial charge >= 0.3 is 0 Å². The molecule has 1 aromatic rings. The normalized spacial score (nSPS) is 12.5. The lowest BCUT2D eigenvalue weighted by Crippen LogP contribution is -1.90. The highest BCUT2D eigenvalue weighted by atomic mass is 35.7. The Bertz CT molecular complexity index is 560. The molecule has 0 aliphatic rings. The molecule has 0 bridgehead atoms. The van der Waals surface area contributed by atoms with E-state index >= 15 is 0 Å². The molecule has 0 saturated carbocycles. The first-order valence-electron chi connectivity index (χ1n) is 3.90. The highest BCUT2D eigenvalue weighted by Crippen LogP contribution is 2.20. The van der Waals surface area contributed by atoms with Gasteiger partial charge in [-0.25, -0.2) is 12.6 Å². The second-order valence-corrected chi connectivity index (χ2v) is 8.32. The van der Waals surface area contributed by atoms with Crippen LogP contribution >= 0.6 is 10.7 Å². The zero-order valence-electron chi connectivity index (χ0n) is 8.18. The van der Waals surface area contributed by atoms with E-state index in [1.54, 1.807) is 0 Å². The maximum absolute atomic E-state index is 11.3. The molecule has 0 saturated heterocycles. The summed E-state index contributed by atoms with van der Waals surface area (Å²) < 4.78 is 37.0. The van der Waals surface area contributed by atoms with Crippen molar-refractivity contribution in [1.29, 1.82) is 0 Å². The van der Waals surface area contributed by atoms with Crippen molar-refractivity contribution in [3.05, 3.63) is 24.3 Å². The Labute approximate surface area is 93.9 Å². The first-order chi connectivity index (χ1) is 6.68. The fourth-order valence-corrected chi connectivity index (χ4v) is 2.32. The Morgan fingerprint density at radius 1 is 1.07 bits per heavy atom. The van der Waals surface area contributed by atoms with E-state index in [1.165, 1.54) is 36.8 Å². The lowest BCUT2D eigenvalue weighted by Gasteiger charge is -1.98. The fourth-order valence-electron chi connectivity index (χ4n) is 0.923. The van der Waals surface area contributed by atoms with Gasteiger partial charge in [0, 0.05) is 32.9 Å². The lowest BCUT2D eigenvalue weighted by atomic mass is 10.3. The molecule has 4 nitrogen and oxygen atoms in total. The van der Waals surface area contributed by atoms with Crippen LogP contribution in [0.4, 0.5) is 5.69 Å². The van der Waals surface area contributed by atoms with Gasteiger partial charge in [-0.3, -0.25) is 0 Å². The summed E-state index contributed by atoms with van der Waals surface area (Å²) in [6.07, 6.45) is 3.00. The van der Waals surface area contributed by atoms with Crippen molar-refractivity contribution in [2.45, 2.75) is 4.90 Å². The summed E-state index contributed by atoms with van der Waals surface area (Å²) in [5.41, 5.74) is 0.467. The van der Waals surface area contributed by atoms with Gasteiger partial charge in [-0.2, -0.15) is 4.36 Å². The summed E-state index contributed by atoms with van der Waals surface area (Å²) >= 11 is 0. The smallest absolute Gasteiger partial charge is 0.250 e. The van der Waals surface area contributed by atoms with Crippen LogP contribution in [0.1, 0.15) is 0 Å². The van der Waals surface area contributed by atoms with Crippen LogP contribution in [-0.4, -0.2) is 25.1 Å². The minimum Gasteiger partial charge on any atom is -0.250 e. The SMILES string of the molecule is CS(C)(=O)=Nc1ccc(S(=O)(=O)Cl)cc1. The van der Waals surface area contributed by atoms with Crippen LogP contribution in [0.3, 0.4) is 0 Å². The van der Waals surface area contributed by atoms with E-state index in [2.05, 4.69) is 4.36 Å². The quantitative estimate of drug-likeness (QED) is 0.770. The van der Waals surface area contributed by atoms with E-state index in [9.17, 15) is 12.6 Å². The van der Waals surface area contributed by atoms with Gasteiger partial charge in [-0.05, 0) is 24.3 Å². The number of hydrogen-bond donors (Lipinski definition) is 0. The van der Waals surface area contributed by atoms with Crippen molar-refractivity contribution in [2.24, 2.45) is 4.36 Å². The van der Waals surface area contributed by atoms with Crippen molar-refractivity contribution in [2.75, 3.05) is 12.5 Å². The molecule has 15 heavy (non-hydrogen) atoms. The Hall–Kier alpha value is -0.590. The van der Waals surface area contributed by atoms with Gasteiger partial charge in [-0.1, -0.05) is 0 Å². The van der Waals surface area contributed by atoms with Crippen LogP contribution in [0.2, 0.25) is 0 Å². The van der Waals surface area contributed by atoms with Gasteiger partial charge in [0.2, 0.25) is 0 Å². The van der Waals surface area contributed by atoms with Crippen LogP contribution in [0, 0.1) is 0 Å². The minimum atomic E-state index is -3.70. The van der Waals surface area contributed by atoms with Crippen molar-refractivity contribution in [1.82, 2.24) is 0 Å². The number of nitrogens with zero attached hydrogens (tertiary/aromatic N) is 1. The number of hydrogen-bond acceptors (Lipinski definition) is 4. The predicted octanol–water partition coefficient (Wildman–Crippen LogP) is 1.97. The Balaban J connectivity index is 3.19. The molecular weight excluding hydrogens is 258 g/mol. The molecule has 0 aliphatic carbocycles. The van der Waals surface area contributed by atoms with Crippen molar-refractivity contribution >= 4 is 35.1 Å². The van der Waals surface area contributed by atoms with Gasteiger partial charge in [0.05, 0.1) is 10.6 Å². The van der Waals surface area contributed by atoms with Crippen LogP contribution in [0.25, 0.3) is 0 Å². The minimum absolute atomic E-state index is 0.00169. The van der Waals surface area contributed by atoms with Crippen LogP contribution < -0.4 is 0 Å². The van der Waals surface area contributed by atoms with Crippen LogP contribution in [-0.2, 0) is 18.8 Å². The average molecular weight is 268 g/mol. The summed E-state index contributed by atoms with van der Waals surface area (Å²) in [6, 6.07) is 5.57. The monoisotopic (exact) mass is 267 g/mol. The van der Waals surface area contributed by atoms with E-state index in [0.717, 1.165) is 0 Å². The van der Waals surface area contributed by atoms with Crippen LogP contribution in [0.15, 0.2) is 33.5 Å². The molecule has 0 atom stereocenters. The Kier molecular flexibility index (Phi) is 3.42. The van der Waals surface area contributed by atoms with E-state index in [-0.39, 0.29) is 4.90 Å². The zero-order chi connectivity index (χ0) is 11.7. The Morgan fingerprint density at radius 2 is 1.53 bits per heavy atom. The third-order valence-electron chi connectivity index (χ3n) is 1.44.